The predicted molar refractivity (Wildman–Crippen MR) is 57.0 cm³/mol. The molecule has 0 spiro atoms. The van der Waals surface area contributed by atoms with Gasteiger partial charge in [-0.25, -0.2) is 13.1 Å². The zero-order valence-electron chi connectivity index (χ0n) is 8.75. The van der Waals surface area contributed by atoms with Crippen molar-refractivity contribution in [3.8, 4) is 0 Å². The maximum Gasteiger partial charge on any atom is 0.258 e. The highest BCUT2D eigenvalue weighted by Gasteiger charge is 2.20. The van der Waals surface area contributed by atoms with E-state index in [1.165, 1.54) is 12.4 Å². The fourth-order valence-corrected chi connectivity index (χ4v) is 2.38. The monoisotopic (exact) mass is 257 g/mol. The van der Waals surface area contributed by atoms with Gasteiger partial charge in [0.25, 0.3) is 10.0 Å². The average Bonchev–Trinajstić information content (AvgIpc) is 2.97. The van der Waals surface area contributed by atoms with Crippen LogP contribution in [0.3, 0.4) is 0 Å². The Hall–Kier alpha value is -1.71. The Morgan fingerprint density at radius 3 is 3.00 bits per heavy atom. The molecule has 17 heavy (non-hydrogen) atoms. The largest absolute Gasteiger partial charge is 0.360 e. The molecule has 0 fully saturated rings. The van der Waals surface area contributed by atoms with E-state index in [-0.39, 0.29) is 18.1 Å². The summed E-state index contributed by atoms with van der Waals surface area (Å²) in [5.41, 5.74) is 5.83. The molecule has 9 heteroatoms. The lowest BCUT2D eigenvalue weighted by Gasteiger charge is -2.04. The molecule has 2 rings (SSSR count). The Morgan fingerprint density at radius 1 is 1.53 bits per heavy atom. The first kappa shape index (κ1) is 11.8. The number of aromatic amines is 1. The first-order valence-corrected chi connectivity index (χ1v) is 6.23. The summed E-state index contributed by atoms with van der Waals surface area (Å²) >= 11 is 0. The zero-order chi connectivity index (χ0) is 12.3. The molecule has 0 amide bonds. The molecule has 0 atom stereocenters. The van der Waals surface area contributed by atoms with E-state index in [4.69, 9.17) is 10.3 Å². The second-order valence-corrected chi connectivity index (χ2v) is 4.94. The van der Waals surface area contributed by atoms with Gasteiger partial charge in [-0.05, 0) is 0 Å². The summed E-state index contributed by atoms with van der Waals surface area (Å²) in [4.78, 5) is 0. The van der Waals surface area contributed by atoms with Crippen molar-refractivity contribution in [1.29, 1.82) is 0 Å². The first-order valence-electron chi connectivity index (χ1n) is 4.75. The number of nitrogens with one attached hydrogen (secondary N) is 2. The summed E-state index contributed by atoms with van der Waals surface area (Å²) in [6.07, 6.45) is 2.81. The molecule has 2 heterocycles. The van der Waals surface area contributed by atoms with Crippen molar-refractivity contribution in [3.05, 3.63) is 29.8 Å². The summed E-state index contributed by atoms with van der Waals surface area (Å²) in [5.74, 6) is 0.419. The summed E-state index contributed by atoms with van der Waals surface area (Å²) in [5, 5.41) is 9.49. The fraction of sp³-hybridized carbons (Fsp3) is 0.250. The van der Waals surface area contributed by atoms with Crippen LogP contribution >= 0.6 is 0 Å². The highest BCUT2D eigenvalue weighted by Crippen LogP contribution is 2.11. The number of nitrogens with zero attached hydrogens (tertiary/aromatic N) is 2. The number of nitrogens with two attached hydrogens (primary N) is 1. The number of sulfonamides is 1. The number of H-pyrrole nitrogens is 1. The molecule has 0 aliphatic rings. The summed E-state index contributed by atoms with van der Waals surface area (Å²) in [7, 11) is -3.67. The van der Waals surface area contributed by atoms with Crippen LogP contribution in [0.5, 0.6) is 0 Å². The van der Waals surface area contributed by atoms with Gasteiger partial charge in [0.1, 0.15) is 0 Å². The van der Waals surface area contributed by atoms with Crippen LogP contribution in [0.4, 0.5) is 0 Å². The molecule has 0 saturated heterocycles. The molecular formula is C8H11N5O3S. The van der Waals surface area contributed by atoms with Gasteiger partial charge in [-0.15, -0.1) is 0 Å². The van der Waals surface area contributed by atoms with Gasteiger partial charge in [-0.3, -0.25) is 5.10 Å². The maximum absolute atomic E-state index is 11.9. The molecule has 0 saturated carbocycles. The van der Waals surface area contributed by atoms with E-state index in [0.717, 1.165) is 0 Å². The molecule has 0 aliphatic heterocycles. The van der Waals surface area contributed by atoms with Gasteiger partial charge in [0.2, 0.25) is 0 Å². The van der Waals surface area contributed by atoms with Gasteiger partial charge in [-0.1, -0.05) is 5.16 Å². The Labute approximate surface area is 97.2 Å². The number of rotatable bonds is 5. The maximum atomic E-state index is 11.9. The van der Waals surface area contributed by atoms with Crippen LogP contribution in [0.25, 0.3) is 0 Å². The van der Waals surface area contributed by atoms with E-state index in [1.807, 2.05) is 0 Å². The molecule has 92 valence electrons. The van der Waals surface area contributed by atoms with Crippen LogP contribution in [-0.4, -0.2) is 23.8 Å². The van der Waals surface area contributed by atoms with E-state index in [2.05, 4.69) is 20.1 Å². The van der Waals surface area contributed by atoms with Crippen LogP contribution in [0.2, 0.25) is 0 Å². The van der Waals surface area contributed by atoms with E-state index in [9.17, 15) is 8.42 Å². The van der Waals surface area contributed by atoms with Crippen molar-refractivity contribution < 1.29 is 12.9 Å². The second-order valence-electron chi connectivity index (χ2n) is 3.23. The summed E-state index contributed by atoms with van der Waals surface area (Å²) in [6.45, 7) is 0.112. The van der Waals surface area contributed by atoms with E-state index < -0.39 is 10.0 Å². The molecule has 0 radical (unpaired) electrons. The fourth-order valence-electron chi connectivity index (χ4n) is 1.25. The molecule has 0 unspecified atom stereocenters. The molecule has 0 bridgehead atoms. The van der Waals surface area contributed by atoms with Gasteiger partial charge in [0.05, 0.1) is 18.9 Å². The van der Waals surface area contributed by atoms with Crippen molar-refractivity contribution in [3.63, 3.8) is 0 Å². The molecular weight excluding hydrogens is 246 g/mol. The van der Waals surface area contributed by atoms with Gasteiger partial charge in [0.15, 0.2) is 10.8 Å². The predicted octanol–water partition coefficient (Wildman–Crippen LogP) is -0.665. The lowest BCUT2D eigenvalue weighted by molar-refractivity contribution is 0.380. The van der Waals surface area contributed by atoms with Gasteiger partial charge >= 0.3 is 0 Å². The molecule has 4 N–H and O–H groups in total. The van der Waals surface area contributed by atoms with Crippen LogP contribution in [0, 0.1) is 0 Å². The molecule has 0 aliphatic carbocycles. The van der Waals surface area contributed by atoms with Crippen molar-refractivity contribution in [2.24, 2.45) is 5.73 Å². The molecule has 2 aromatic heterocycles. The van der Waals surface area contributed by atoms with Gasteiger partial charge < -0.3 is 10.3 Å². The third kappa shape index (κ3) is 2.52. The minimum atomic E-state index is -3.67. The van der Waals surface area contributed by atoms with Gasteiger partial charge in [-0.2, -0.15) is 5.10 Å². The lowest BCUT2D eigenvalue weighted by Crippen LogP contribution is -2.24. The zero-order valence-corrected chi connectivity index (χ0v) is 9.57. The first-order chi connectivity index (χ1) is 8.13. The second kappa shape index (κ2) is 4.65. The molecule has 0 aromatic carbocycles. The lowest BCUT2D eigenvalue weighted by atomic mass is 10.4. The third-order valence-electron chi connectivity index (χ3n) is 2.09. The van der Waals surface area contributed by atoms with E-state index >= 15 is 0 Å². The minimum absolute atomic E-state index is 0.0192. The van der Waals surface area contributed by atoms with Crippen LogP contribution in [0.1, 0.15) is 11.3 Å². The van der Waals surface area contributed by atoms with Crippen molar-refractivity contribution in [1.82, 2.24) is 20.1 Å². The minimum Gasteiger partial charge on any atom is -0.360 e. The SMILES string of the molecule is NCc1cn[nH]c1S(=O)(=O)NCc1ccno1. The highest BCUT2D eigenvalue weighted by molar-refractivity contribution is 7.89. The number of hydrogen-bond acceptors (Lipinski definition) is 6. The van der Waals surface area contributed by atoms with Crippen molar-refractivity contribution in [2.45, 2.75) is 18.1 Å². The average molecular weight is 257 g/mol. The van der Waals surface area contributed by atoms with Crippen LogP contribution < -0.4 is 10.5 Å². The highest BCUT2D eigenvalue weighted by atomic mass is 32.2. The molecule has 2 aromatic rings. The summed E-state index contributed by atoms with van der Waals surface area (Å²) < 4.78 is 30.9. The quantitative estimate of drug-likeness (QED) is 0.652. The van der Waals surface area contributed by atoms with Crippen molar-refractivity contribution in [2.75, 3.05) is 0 Å². The Kier molecular flexibility index (Phi) is 3.22. The van der Waals surface area contributed by atoms with E-state index in [1.54, 1.807) is 6.07 Å². The van der Waals surface area contributed by atoms with Gasteiger partial charge in [0, 0.05) is 18.2 Å². The standard InChI is InChI=1S/C8H11N5O3S/c9-3-6-4-10-13-8(6)17(14,15)12-5-7-1-2-11-16-7/h1-2,4,12H,3,5,9H2,(H,10,13). The Balaban J connectivity index is 2.14. The van der Waals surface area contributed by atoms with Crippen LogP contribution in [0.15, 0.2) is 28.0 Å². The smallest absolute Gasteiger partial charge is 0.258 e. The normalized spacial score (nSPS) is 11.8. The topological polar surface area (TPSA) is 127 Å². The van der Waals surface area contributed by atoms with Crippen LogP contribution in [-0.2, 0) is 23.1 Å². The third-order valence-corrected chi connectivity index (χ3v) is 3.51. The summed E-state index contributed by atoms with van der Waals surface area (Å²) in [6, 6.07) is 1.57. The number of hydrogen-bond donors (Lipinski definition) is 3. The Morgan fingerprint density at radius 2 is 2.35 bits per heavy atom. The van der Waals surface area contributed by atoms with Crippen molar-refractivity contribution >= 4 is 10.0 Å². The molecule has 8 nitrogen and oxygen atoms in total. The Bertz CT molecular complexity index is 574. The number of aromatic nitrogens is 3. The van der Waals surface area contributed by atoms with E-state index in [0.29, 0.717) is 11.3 Å².